The van der Waals surface area contributed by atoms with Crippen molar-refractivity contribution >= 4 is 23.2 Å². The number of piperidine rings is 1. The topological polar surface area (TPSA) is 91.0 Å². The van der Waals surface area contributed by atoms with Gasteiger partial charge in [0, 0.05) is 37.7 Å². The highest BCUT2D eigenvalue weighted by Crippen LogP contribution is 2.27. The highest BCUT2D eigenvalue weighted by atomic mass is 19.4. The van der Waals surface area contributed by atoms with Crippen LogP contribution in [0.15, 0.2) is 42.6 Å². The van der Waals surface area contributed by atoms with Crippen molar-refractivity contribution < 1.29 is 32.3 Å². The van der Waals surface area contributed by atoms with E-state index < -0.39 is 12.1 Å². The second-order valence-electron chi connectivity index (χ2n) is 8.75. The molecule has 5 rings (SSSR count). The summed E-state index contributed by atoms with van der Waals surface area (Å²) in [7, 11) is 0. The third kappa shape index (κ3) is 5.92. The largest absolute Gasteiger partial charge is 0.490 e. The molecule has 1 N–H and O–H groups in total. The van der Waals surface area contributed by atoms with Gasteiger partial charge in [-0.2, -0.15) is 18.3 Å². The molecular weight excluding hydrogens is 482 g/mol. The maximum Gasteiger partial charge on any atom is 0.490 e. The van der Waals surface area contributed by atoms with Crippen molar-refractivity contribution in [1.82, 2.24) is 19.5 Å². The number of alkyl halides is 3. The van der Waals surface area contributed by atoms with Crippen LogP contribution in [0.25, 0.3) is 5.65 Å². The number of carboxylic acids is 1. The van der Waals surface area contributed by atoms with Crippen molar-refractivity contribution in [2.24, 2.45) is 0 Å². The van der Waals surface area contributed by atoms with Gasteiger partial charge in [0.1, 0.15) is 5.82 Å². The molecule has 1 unspecified atom stereocenters. The highest BCUT2D eigenvalue weighted by molar-refractivity contribution is 5.94. The van der Waals surface area contributed by atoms with Crippen LogP contribution in [0.4, 0.5) is 23.2 Å². The van der Waals surface area contributed by atoms with E-state index in [2.05, 4.69) is 17.2 Å². The minimum Gasteiger partial charge on any atom is -0.475 e. The van der Waals surface area contributed by atoms with E-state index in [9.17, 15) is 22.4 Å². The number of amides is 1. The SMILES string of the molecule is O=C(O)C(F)(F)F.O=C(c1ccc(F)cc1)N1CCCC(c2nc3ccc(N4CCCC4)cn3n2)C1. The Balaban J connectivity index is 0.000000384. The zero-order valence-corrected chi connectivity index (χ0v) is 19.3. The third-order valence-electron chi connectivity index (χ3n) is 6.21. The van der Waals surface area contributed by atoms with Gasteiger partial charge in [0.05, 0.1) is 11.9 Å². The molecule has 12 heteroatoms. The fourth-order valence-electron chi connectivity index (χ4n) is 4.37. The van der Waals surface area contributed by atoms with Crippen molar-refractivity contribution in [3.05, 3.63) is 59.8 Å². The smallest absolute Gasteiger partial charge is 0.475 e. The van der Waals surface area contributed by atoms with Gasteiger partial charge in [-0.05, 0) is 62.1 Å². The lowest BCUT2D eigenvalue weighted by atomic mass is 9.96. The van der Waals surface area contributed by atoms with Crippen LogP contribution >= 0.6 is 0 Å². The lowest BCUT2D eigenvalue weighted by Gasteiger charge is -2.31. The van der Waals surface area contributed by atoms with Crippen LogP contribution in [-0.2, 0) is 4.79 Å². The Bertz CT molecular complexity index is 1220. The Kier molecular flexibility index (Phi) is 7.41. The normalized spacial score (nSPS) is 18.2. The summed E-state index contributed by atoms with van der Waals surface area (Å²) in [6.45, 7) is 3.48. The first-order valence-corrected chi connectivity index (χ1v) is 11.6. The van der Waals surface area contributed by atoms with Gasteiger partial charge >= 0.3 is 12.1 Å². The van der Waals surface area contributed by atoms with E-state index in [1.807, 2.05) is 15.5 Å². The fourth-order valence-corrected chi connectivity index (χ4v) is 4.37. The second kappa shape index (κ2) is 10.5. The molecule has 3 aromatic rings. The minimum atomic E-state index is -5.08. The monoisotopic (exact) mass is 507 g/mol. The molecule has 2 aromatic heterocycles. The number of aromatic nitrogens is 3. The number of halogens is 4. The number of carbonyl (C=O) groups excluding carboxylic acids is 1. The number of pyridine rings is 1. The first-order valence-electron chi connectivity index (χ1n) is 11.6. The summed E-state index contributed by atoms with van der Waals surface area (Å²) >= 11 is 0. The number of rotatable bonds is 3. The highest BCUT2D eigenvalue weighted by Gasteiger charge is 2.38. The molecule has 192 valence electrons. The molecule has 0 aliphatic carbocycles. The summed E-state index contributed by atoms with van der Waals surface area (Å²) in [5.41, 5.74) is 2.54. The summed E-state index contributed by atoms with van der Waals surface area (Å²) in [5.74, 6) is -2.24. The molecule has 1 amide bonds. The molecule has 2 aliphatic heterocycles. The Labute approximate surface area is 204 Å². The standard InChI is InChI=1S/C22H24FN5O.C2HF3O2/c23-18-7-5-16(6-8-18)22(29)27-13-3-4-17(14-27)21-24-20-10-9-19(15-28(20)25-21)26-11-1-2-12-26;3-2(4,5)1(6)7/h5-10,15,17H,1-4,11-14H2;(H,6,7). The van der Waals surface area contributed by atoms with Crippen molar-refractivity contribution in [2.75, 3.05) is 31.1 Å². The molecule has 0 spiro atoms. The molecule has 1 aromatic carbocycles. The van der Waals surface area contributed by atoms with E-state index in [1.165, 1.54) is 30.7 Å². The van der Waals surface area contributed by atoms with Crippen LogP contribution in [-0.4, -0.2) is 68.8 Å². The molecule has 2 saturated heterocycles. The number of hydrogen-bond donors (Lipinski definition) is 1. The average Bonchev–Trinajstić information content (AvgIpc) is 3.54. The summed E-state index contributed by atoms with van der Waals surface area (Å²) in [5, 5.41) is 11.9. The summed E-state index contributed by atoms with van der Waals surface area (Å²) < 4.78 is 46.8. The number of nitrogens with zero attached hydrogens (tertiary/aromatic N) is 5. The molecule has 4 heterocycles. The van der Waals surface area contributed by atoms with Crippen molar-refractivity contribution in [3.63, 3.8) is 0 Å². The minimum absolute atomic E-state index is 0.0604. The number of aliphatic carboxylic acids is 1. The fraction of sp³-hybridized carbons (Fsp3) is 0.417. The van der Waals surface area contributed by atoms with E-state index in [0.717, 1.165) is 37.4 Å². The van der Waals surface area contributed by atoms with Crippen LogP contribution in [0.5, 0.6) is 0 Å². The first kappa shape index (κ1) is 25.4. The van der Waals surface area contributed by atoms with Crippen LogP contribution in [0.2, 0.25) is 0 Å². The Hall–Kier alpha value is -3.70. The number of likely N-dealkylation sites (tertiary alicyclic amines) is 1. The molecule has 0 bridgehead atoms. The second-order valence-corrected chi connectivity index (χ2v) is 8.75. The van der Waals surface area contributed by atoms with Crippen LogP contribution in [0.1, 0.15) is 47.8 Å². The number of anilines is 1. The molecule has 1 atom stereocenters. The lowest BCUT2D eigenvalue weighted by Crippen LogP contribution is -2.39. The van der Waals surface area contributed by atoms with Crippen molar-refractivity contribution in [1.29, 1.82) is 0 Å². The number of benzene rings is 1. The predicted molar refractivity (Wildman–Crippen MR) is 122 cm³/mol. The van der Waals surface area contributed by atoms with Crippen molar-refractivity contribution in [2.45, 2.75) is 37.8 Å². The van der Waals surface area contributed by atoms with Gasteiger partial charge in [0.25, 0.3) is 5.91 Å². The molecule has 36 heavy (non-hydrogen) atoms. The summed E-state index contributed by atoms with van der Waals surface area (Å²) in [6, 6.07) is 9.89. The Morgan fingerprint density at radius 1 is 0.972 bits per heavy atom. The number of carbonyl (C=O) groups is 2. The predicted octanol–water partition coefficient (Wildman–Crippen LogP) is 4.12. The van der Waals surface area contributed by atoms with Gasteiger partial charge in [-0.3, -0.25) is 4.79 Å². The quantitative estimate of drug-likeness (QED) is 0.537. The van der Waals surface area contributed by atoms with Gasteiger partial charge in [0.2, 0.25) is 0 Å². The molecule has 2 aliphatic rings. The van der Waals surface area contributed by atoms with Gasteiger partial charge in [-0.1, -0.05) is 0 Å². The van der Waals surface area contributed by atoms with Crippen LogP contribution in [0, 0.1) is 5.82 Å². The van der Waals surface area contributed by atoms with E-state index in [1.54, 1.807) is 12.1 Å². The van der Waals surface area contributed by atoms with Gasteiger partial charge in [0.15, 0.2) is 11.5 Å². The van der Waals surface area contributed by atoms with Gasteiger partial charge in [-0.15, -0.1) is 0 Å². The van der Waals surface area contributed by atoms with E-state index in [0.29, 0.717) is 18.7 Å². The zero-order valence-electron chi connectivity index (χ0n) is 19.3. The van der Waals surface area contributed by atoms with E-state index in [-0.39, 0.29) is 17.6 Å². The Morgan fingerprint density at radius 2 is 1.64 bits per heavy atom. The van der Waals surface area contributed by atoms with Crippen LogP contribution < -0.4 is 4.90 Å². The molecule has 2 fully saturated rings. The molecular formula is C24H25F4N5O3. The molecule has 8 nitrogen and oxygen atoms in total. The Morgan fingerprint density at radius 3 is 2.28 bits per heavy atom. The van der Waals surface area contributed by atoms with Crippen LogP contribution in [0.3, 0.4) is 0 Å². The number of fused-ring (bicyclic) bond motifs is 1. The van der Waals surface area contributed by atoms with Crippen molar-refractivity contribution in [3.8, 4) is 0 Å². The average molecular weight is 507 g/mol. The summed E-state index contributed by atoms with van der Waals surface area (Å²) in [6.07, 6.45) is 1.32. The van der Waals surface area contributed by atoms with E-state index in [4.69, 9.17) is 20.0 Å². The molecule has 0 saturated carbocycles. The van der Waals surface area contributed by atoms with E-state index >= 15 is 0 Å². The number of hydrogen-bond acceptors (Lipinski definition) is 5. The lowest BCUT2D eigenvalue weighted by molar-refractivity contribution is -0.192. The van der Waals surface area contributed by atoms with Gasteiger partial charge < -0.3 is 14.9 Å². The zero-order chi connectivity index (χ0) is 25.9. The first-order chi connectivity index (χ1) is 17.1. The third-order valence-corrected chi connectivity index (χ3v) is 6.21. The summed E-state index contributed by atoms with van der Waals surface area (Å²) in [4.78, 5) is 30.6. The number of carboxylic acid groups (broad SMARTS) is 1. The molecule has 0 radical (unpaired) electrons. The van der Waals surface area contributed by atoms with Gasteiger partial charge in [-0.25, -0.2) is 18.7 Å². The maximum atomic E-state index is 13.2. The maximum absolute atomic E-state index is 13.2.